The van der Waals surface area contributed by atoms with Crippen LogP contribution in [0.3, 0.4) is 0 Å². The molecule has 0 saturated heterocycles. The van der Waals surface area contributed by atoms with Gasteiger partial charge in [-0.25, -0.2) is 0 Å². The molecule has 1 aromatic rings. The molecule has 2 atom stereocenters. The number of hydrogen-bond donors (Lipinski definition) is 2. The lowest BCUT2D eigenvalue weighted by Crippen LogP contribution is -2.44. The van der Waals surface area contributed by atoms with Crippen molar-refractivity contribution in [3.05, 3.63) is 35.9 Å². The van der Waals surface area contributed by atoms with Crippen molar-refractivity contribution in [2.45, 2.75) is 45.6 Å². The Labute approximate surface area is 126 Å². The molecule has 4 heteroatoms. The van der Waals surface area contributed by atoms with Crippen molar-refractivity contribution in [3.8, 4) is 0 Å². The second-order valence-electron chi connectivity index (χ2n) is 5.52. The van der Waals surface area contributed by atoms with Gasteiger partial charge in [-0.05, 0) is 43.5 Å². The van der Waals surface area contributed by atoms with E-state index >= 15 is 0 Å². The molecule has 0 amide bonds. The van der Waals surface area contributed by atoms with Gasteiger partial charge in [-0.15, -0.1) is 0 Å². The Bertz CT molecular complexity index is 470. The Morgan fingerprint density at radius 2 is 1.90 bits per heavy atom. The van der Waals surface area contributed by atoms with Crippen LogP contribution in [0.4, 0.5) is 0 Å². The monoisotopic (exact) mass is 289 g/mol. The van der Waals surface area contributed by atoms with Crippen LogP contribution in [0.2, 0.25) is 0 Å². The summed E-state index contributed by atoms with van der Waals surface area (Å²) in [6, 6.07) is 10.6. The Balaban J connectivity index is 1.85. The fourth-order valence-electron chi connectivity index (χ4n) is 2.61. The van der Waals surface area contributed by atoms with Gasteiger partial charge in [-0.1, -0.05) is 50.1 Å². The van der Waals surface area contributed by atoms with E-state index < -0.39 is 0 Å². The van der Waals surface area contributed by atoms with Gasteiger partial charge in [0.2, 0.25) is 0 Å². The second-order valence-corrected chi connectivity index (χ2v) is 5.92. The van der Waals surface area contributed by atoms with Gasteiger partial charge in [0.25, 0.3) is 0 Å². The van der Waals surface area contributed by atoms with Gasteiger partial charge in [0, 0.05) is 6.04 Å². The lowest BCUT2D eigenvalue weighted by molar-refractivity contribution is 0.308. The molecular weight excluding hydrogens is 266 g/mol. The molecule has 0 aromatic heterocycles. The highest BCUT2D eigenvalue weighted by Gasteiger charge is 2.21. The first-order chi connectivity index (χ1) is 9.66. The van der Waals surface area contributed by atoms with Crippen LogP contribution < -0.4 is 10.7 Å². The summed E-state index contributed by atoms with van der Waals surface area (Å²) in [5, 5.41) is 8.36. The minimum atomic E-state index is 0.482. The average Bonchev–Trinajstić information content (AvgIpc) is 2.48. The summed E-state index contributed by atoms with van der Waals surface area (Å²) in [5.74, 6) is 0.683. The minimum Gasteiger partial charge on any atom is -0.358 e. The normalized spacial score (nSPS) is 23.2. The zero-order valence-electron chi connectivity index (χ0n) is 12.2. The fraction of sp³-hybridized carbons (Fsp3) is 0.500. The van der Waals surface area contributed by atoms with E-state index in [2.05, 4.69) is 22.8 Å². The standard InChI is InChI=1S/C16H23N3S/c1-12-8-6-7-11-15(12)17-16(20)19-18-13(2)14-9-4-3-5-10-14/h3-5,9-10,12,15H,6-8,11H2,1-2H3,(H2,17,19,20)/b18-13-/t12-,15-/m1/s1. The van der Waals surface area contributed by atoms with Crippen LogP contribution in [0, 0.1) is 5.92 Å². The van der Waals surface area contributed by atoms with Crippen LogP contribution in [0.15, 0.2) is 35.4 Å². The van der Waals surface area contributed by atoms with Crippen molar-refractivity contribution in [1.82, 2.24) is 10.7 Å². The van der Waals surface area contributed by atoms with E-state index in [4.69, 9.17) is 12.2 Å². The van der Waals surface area contributed by atoms with Crippen LogP contribution in [0.5, 0.6) is 0 Å². The zero-order valence-corrected chi connectivity index (χ0v) is 13.0. The second kappa shape index (κ2) is 7.39. The molecule has 0 spiro atoms. The van der Waals surface area contributed by atoms with Crippen molar-refractivity contribution in [1.29, 1.82) is 0 Å². The molecule has 0 aliphatic heterocycles. The van der Waals surface area contributed by atoms with Gasteiger partial charge in [0.05, 0.1) is 5.71 Å². The predicted octanol–water partition coefficient (Wildman–Crippen LogP) is 3.45. The number of hydrazone groups is 1. The molecular formula is C16H23N3S. The van der Waals surface area contributed by atoms with Gasteiger partial charge in [0.15, 0.2) is 5.11 Å². The maximum Gasteiger partial charge on any atom is 0.187 e. The molecule has 1 fully saturated rings. The molecule has 20 heavy (non-hydrogen) atoms. The van der Waals surface area contributed by atoms with E-state index in [1.807, 2.05) is 37.3 Å². The van der Waals surface area contributed by atoms with E-state index in [1.54, 1.807) is 0 Å². The Morgan fingerprint density at radius 1 is 1.20 bits per heavy atom. The van der Waals surface area contributed by atoms with Crippen molar-refractivity contribution < 1.29 is 0 Å². The summed E-state index contributed by atoms with van der Waals surface area (Å²) < 4.78 is 0. The van der Waals surface area contributed by atoms with Crippen LogP contribution in [0.1, 0.15) is 45.1 Å². The third-order valence-electron chi connectivity index (χ3n) is 3.94. The van der Waals surface area contributed by atoms with Gasteiger partial charge >= 0.3 is 0 Å². The molecule has 2 rings (SSSR count). The summed E-state index contributed by atoms with van der Waals surface area (Å²) in [5.41, 5.74) is 5.00. The SMILES string of the molecule is C/C(=N/NC(=S)N[C@@H]1CCCC[C@H]1C)c1ccccc1. The Hall–Kier alpha value is -1.42. The molecule has 108 valence electrons. The summed E-state index contributed by atoms with van der Waals surface area (Å²) in [4.78, 5) is 0. The number of benzene rings is 1. The maximum absolute atomic E-state index is 5.33. The highest BCUT2D eigenvalue weighted by Crippen LogP contribution is 2.23. The summed E-state index contributed by atoms with van der Waals surface area (Å²) in [6.07, 6.45) is 5.11. The number of hydrogen-bond acceptors (Lipinski definition) is 2. The maximum atomic E-state index is 5.33. The highest BCUT2D eigenvalue weighted by atomic mass is 32.1. The number of nitrogens with one attached hydrogen (secondary N) is 2. The van der Waals surface area contributed by atoms with E-state index in [0.717, 1.165) is 11.3 Å². The molecule has 0 radical (unpaired) electrons. The molecule has 3 nitrogen and oxygen atoms in total. The minimum absolute atomic E-state index is 0.482. The molecule has 1 aliphatic carbocycles. The first kappa shape index (κ1) is 15.0. The lowest BCUT2D eigenvalue weighted by Gasteiger charge is -2.30. The molecule has 1 saturated carbocycles. The molecule has 0 bridgehead atoms. The quantitative estimate of drug-likeness (QED) is 0.508. The average molecular weight is 289 g/mol. The molecule has 0 unspecified atom stereocenters. The van der Waals surface area contributed by atoms with Gasteiger partial charge < -0.3 is 5.32 Å². The number of thiocarbonyl (C=S) groups is 1. The van der Waals surface area contributed by atoms with Crippen LogP contribution in [-0.2, 0) is 0 Å². The molecule has 1 aliphatic rings. The highest BCUT2D eigenvalue weighted by molar-refractivity contribution is 7.80. The van der Waals surface area contributed by atoms with Gasteiger partial charge in [-0.2, -0.15) is 5.10 Å². The number of rotatable bonds is 3. The summed E-state index contributed by atoms with van der Waals surface area (Å²) in [6.45, 7) is 4.27. The van der Waals surface area contributed by atoms with E-state index in [9.17, 15) is 0 Å². The van der Waals surface area contributed by atoms with Gasteiger partial charge in [0.1, 0.15) is 0 Å². The largest absolute Gasteiger partial charge is 0.358 e. The lowest BCUT2D eigenvalue weighted by atomic mass is 9.86. The van der Waals surface area contributed by atoms with E-state index in [0.29, 0.717) is 17.1 Å². The number of nitrogens with zero attached hydrogens (tertiary/aromatic N) is 1. The summed E-state index contributed by atoms with van der Waals surface area (Å²) >= 11 is 5.33. The first-order valence-electron chi connectivity index (χ1n) is 7.33. The Morgan fingerprint density at radius 3 is 2.60 bits per heavy atom. The smallest absolute Gasteiger partial charge is 0.187 e. The molecule has 2 N–H and O–H groups in total. The van der Waals surface area contributed by atoms with Crippen molar-refractivity contribution in [2.75, 3.05) is 0 Å². The van der Waals surface area contributed by atoms with Gasteiger partial charge in [-0.3, -0.25) is 5.43 Å². The topological polar surface area (TPSA) is 36.4 Å². The van der Waals surface area contributed by atoms with Crippen LogP contribution in [-0.4, -0.2) is 16.9 Å². The molecule has 0 heterocycles. The summed E-state index contributed by atoms with van der Waals surface area (Å²) in [7, 11) is 0. The van der Waals surface area contributed by atoms with E-state index in [1.165, 1.54) is 25.7 Å². The van der Waals surface area contributed by atoms with Crippen molar-refractivity contribution in [3.63, 3.8) is 0 Å². The van der Waals surface area contributed by atoms with Crippen molar-refractivity contribution in [2.24, 2.45) is 11.0 Å². The first-order valence-corrected chi connectivity index (χ1v) is 7.74. The predicted molar refractivity (Wildman–Crippen MR) is 88.9 cm³/mol. The Kier molecular flexibility index (Phi) is 5.53. The zero-order chi connectivity index (χ0) is 14.4. The van der Waals surface area contributed by atoms with Crippen molar-refractivity contribution >= 4 is 23.0 Å². The van der Waals surface area contributed by atoms with E-state index in [-0.39, 0.29) is 0 Å². The molecule has 1 aromatic carbocycles. The van der Waals surface area contributed by atoms with Crippen LogP contribution in [0.25, 0.3) is 0 Å². The fourth-order valence-corrected chi connectivity index (χ4v) is 2.81. The van der Waals surface area contributed by atoms with Crippen LogP contribution >= 0.6 is 12.2 Å². The third-order valence-corrected chi connectivity index (χ3v) is 4.15. The third kappa shape index (κ3) is 4.30.